The Morgan fingerprint density at radius 1 is 1.33 bits per heavy atom. The molecule has 2 rings (SSSR count). The van der Waals surface area contributed by atoms with Crippen LogP contribution in [0.5, 0.6) is 0 Å². The molecule has 0 aliphatic heterocycles. The summed E-state index contributed by atoms with van der Waals surface area (Å²) >= 11 is 4.93. The van der Waals surface area contributed by atoms with Gasteiger partial charge >= 0.3 is 0 Å². The van der Waals surface area contributed by atoms with Crippen molar-refractivity contribution in [2.45, 2.75) is 31.3 Å². The number of hydrogen-bond acceptors (Lipinski definition) is 3. The first-order chi connectivity index (χ1) is 8.50. The highest BCUT2D eigenvalue weighted by Gasteiger charge is 2.32. The summed E-state index contributed by atoms with van der Waals surface area (Å²) in [7, 11) is 2.01. The van der Waals surface area contributed by atoms with Crippen LogP contribution in [0.3, 0.4) is 0 Å². The van der Waals surface area contributed by atoms with Gasteiger partial charge in [0.05, 0.1) is 5.60 Å². The van der Waals surface area contributed by atoms with E-state index in [1.54, 1.807) is 0 Å². The monoisotopic (exact) mass is 264 g/mol. The molecule has 98 valence electrons. The van der Waals surface area contributed by atoms with Crippen molar-refractivity contribution < 1.29 is 5.11 Å². The number of nitrogens with zero attached hydrogens (tertiary/aromatic N) is 1. The molecule has 0 unspecified atom stereocenters. The molecule has 0 atom stereocenters. The van der Waals surface area contributed by atoms with E-state index >= 15 is 0 Å². The van der Waals surface area contributed by atoms with E-state index in [1.165, 1.54) is 0 Å². The molecule has 0 spiro atoms. The van der Waals surface area contributed by atoms with Crippen LogP contribution in [0.2, 0.25) is 0 Å². The molecular formula is C14H20N2OS. The zero-order chi connectivity index (χ0) is 13.2. The normalized spacial score (nSPS) is 17.7. The molecule has 1 aromatic carbocycles. The van der Waals surface area contributed by atoms with E-state index in [-0.39, 0.29) is 0 Å². The van der Waals surface area contributed by atoms with Gasteiger partial charge in [-0.1, -0.05) is 25.1 Å². The van der Waals surface area contributed by atoms with E-state index in [4.69, 9.17) is 18.0 Å². The number of nitrogens with two attached hydrogens (primary N) is 1. The molecular weight excluding hydrogens is 244 g/mol. The van der Waals surface area contributed by atoms with Crippen molar-refractivity contribution in [3.8, 4) is 0 Å². The van der Waals surface area contributed by atoms with Gasteiger partial charge in [-0.15, -0.1) is 0 Å². The van der Waals surface area contributed by atoms with E-state index in [9.17, 15) is 5.11 Å². The van der Waals surface area contributed by atoms with Crippen molar-refractivity contribution in [2.75, 3.05) is 18.5 Å². The van der Waals surface area contributed by atoms with Gasteiger partial charge in [-0.2, -0.15) is 0 Å². The molecule has 1 fully saturated rings. The molecule has 18 heavy (non-hydrogen) atoms. The van der Waals surface area contributed by atoms with Crippen LogP contribution in [0.4, 0.5) is 5.69 Å². The van der Waals surface area contributed by atoms with Crippen molar-refractivity contribution in [3.63, 3.8) is 0 Å². The smallest absolute Gasteiger partial charge is 0.103 e. The zero-order valence-corrected chi connectivity index (χ0v) is 11.5. The maximum atomic E-state index is 10.4. The summed E-state index contributed by atoms with van der Waals surface area (Å²) in [6.45, 7) is 0.680. The van der Waals surface area contributed by atoms with E-state index in [2.05, 4.69) is 4.90 Å². The highest BCUT2D eigenvalue weighted by molar-refractivity contribution is 7.80. The van der Waals surface area contributed by atoms with Crippen LogP contribution in [0.1, 0.15) is 31.2 Å². The fourth-order valence-corrected chi connectivity index (χ4v) is 2.74. The fraction of sp³-hybridized carbons (Fsp3) is 0.500. The molecule has 0 radical (unpaired) electrons. The standard InChI is InChI=1S/C14H20N2OS/c1-16(10-14(17)8-2-3-9-14)12-6-4-11(5-7-12)13(15)18/h4-7,17H,2-3,8-10H2,1H3,(H2,15,18). The van der Waals surface area contributed by atoms with E-state index < -0.39 is 5.60 Å². The molecule has 0 aromatic heterocycles. The molecule has 1 saturated carbocycles. The quantitative estimate of drug-likeness (QED) is 0.817. The Morgan fingerprint density at radius 3 is 2.39 bits per heavy atom. The van der Waals surface area contributed by atoms with E-state index in [0.717, 1.165) is 36.9 Å². The first-order valence-corrected chi connectivity index (χ1v) is 6.74. The summed E-state index contributed by atoms with van der Waals surface area (Å²) < 4.78 is 0. The second kappa shape index (κ2) is 5.24. The van der Waals surface area contributed by atoms with Gasteiger partial charge in [0.25, 0.3) is 0 Å². The highest BCUT2D eigenvalue weighted by Crippen LogP contribution is 2.31. The van der Waals surface area contributed by atoms with Crippen molar-refractivity contribution in [3.05, 3.63) is 29.8 Å². The topological polar surface area (TPSA) is 49.5 Å². The lowest BCUT2D eigenvalue weighted by Crippen LogP contribution is -2.39. The Balaban J connectivity index is 2.04. The Morgan fingerprint density at radius 2 is 1.89 bits per heavy atom. The molecule has 3 nitrogen and oxygen atoms in total. The average Bonchev–Trinajstić information content (AvgIpc) is 2.76. The Labute approximate surface area is 114 Å². The number of hydrogen-bond donors (Lipinski definition) is 2. The number of thiocarbonyl (C=S) groups is 1. The zero-order valence-electron chi connectivity index (χ0n) is 10.7. The molecule has 0 saturated heterocycles. The summed E-state index contributed by atoms with van der Waals surface area (Å²) in [5, 5.41) is 10.4. The molecule has 1 aliphatic rings. The Kier molecular flexibility index (Phi) is 3.88. The van der Waals surface area contributed by atoms with Crippen molar-refractivity contribution >= 4 is 22.9 Å². The largest absolute Gasteiger partial charge is 0.389 e. The number of rotatable bonds is 4. The summed E-state index contributed by atoms with van der Waals surface area (Å²) in [6, 6.07) is 7.83. The SMILES string of the molecule is CN(CC1(O)CCCC1)c1ccc(C(N)=S)cc1. The van der Waals surface area contributed by atoms with Gasteiger partial charge in [-0.05, 0) is 37.1 Å². The van der Waals surface area contributed by atoms with Gasteiger partial charge in [-0.3, -0.25) is 0 Å². The Bertz CT molecular complexity index is 424. The second-order valence-corrected chi connectivity index (χ2v) is 5.64. The maximum Gasteiger partial charge on any atom is 0.103 e. The minimum Gasteiger partial charge on any atom is -0.389 e. The lowest BCUT2D eigenvalue weighted by Gasteiger charge is -2.30. The van der Waals surface area contributed by atoms with E-state index in [1.807, 2.05) is 31.3 Å². The average molecular weight is 264 g/mol. The molecule has 0 amide bonds. The lowest BCUT2D eigenvalue weighted by molar-refractivity contribution is 0.0559. The molecule has 0 heterocycles. The summed E-state index contributed by atoms with van der Waals surface area (Å²) in [5.74, 6) is 0. The van der Waals surface area contributed by atoms with E-state index in [0.29, 0.717) is 11.5 Å². The number of anilines is 1. The highest BCUT2D eigenvalue weighted by atomic mass is 32.1. The number of aliphatic hydroxyl groups is 1. The van der Waals surface area contributed by atoms with Crippen LogP contribution in [0, 0.1) is 0 Å². The molecule has 0 bridgehead atoms. The first-order valence-electron chi connectivity index (χ1n) is 6.34. The van der Waals surface area contributed by atoms with Crippen LogP contribution in [0.25, 0.3) is 0 Å². The Hall–Kier alpha value is -1.13. The third-order valence-electron chi connectivity index (χ3n) is 3.66. The predicted octanol–water partition coefficient (Wildman–Crippen LogP) is 2.06. The van der Waals surface area contributed by atoms with Gasteiger partial charge in [0.15, 0.2) is 0 Å². The third kappa shape index (κ3) is 3.00. The van der Waals surface area contributed by atoms with Crippen LogP contribution in [-0.2, 0) is 0 Å². The summed E-state index contributed by atoms with van der Waals surface area (Å²) in [5.41, 5.74) is 7.01. The van der Waals surface area contributed by atoms with Gasteiger partial charge in [0, 0.05) is 24.8 Å². The van der Waals surface area contributed by atoms with Crippen LogP contribution in [-0.4, -0.2) is 29.3 Å². The number of benzene rings is 1. The molecule has 4 heteroatoms. The summed E-state index contributed by atoms with van der Waals surface area (Å²) in [6.07, 6.45) is 4.07. The number of likely N-dealkylation sites (N-methyl/N-ethyl adjacent to an activating group) is 1. The second-order valence-electron chi connectivity index (χ2n) is 5.20. The molecule has 1 aliphatic carbocycles. The van der Waals surface area contributed by atoms with Crippen molar-refractivity contribution in [1.82, 2.24) is 0 Å². The van der Waals surface area contributed by atoms with Crippen LogP contribution in [0.15, 0.2) is 24.3 Å². The lowest BCUT2D eigenvalue weighted by atomic mass is 10.0. The van der Waals surface area contributed by atoms with Crippen LogP contribution < -0.4 is 10.6 Å². The maximum absolute atomic E-state index is 10.4. The fourth-order valence-electron chi connectivity index (χ4n) is 2.60. The first kappa shape index (κ1) is 13.3. The van der Waals surface area contributed by atoms with Crippen LogP contribution >= 0.6 is 12.2 Å². The van der Waals surface area contributed by atoms with Gasteiger partial charge < -0.3 is 15.7 Å². The van der Waals surface area contributed by atoms with Gasteiger partial charge in [0.2, 0.25) is 0 Å². The van der Waals surface area contributed by atoms with Crippen molar-refractivity contribution in [2.24, 2.45) is 5.73 Å². The van der Waals surface area contributed by atoms with Crippen molar-refractivity contribution in [1.29, 1.82) is 0 Å². The third-order valence-corrected chi connectivity index (χ3v) is 3.89. The molecule has 3 N–H and O–H groups in total. The van der Waals surface area contributed by atoms with Gasteiger partial charge in [0.1, 0.15) is 4.99 Å². The summed E-state index contributed by atoms with van der Waals surface area (Å²) in [4.78, 5) is 2.51. The molecule has 1 aromatic rings. The predicted molar refractivity (Wildman–Crippen MR) is 79.0 cm³/mol. The minimum absolute atomic E-state index is 0.415. The van der Waals surface area contributed by atoms with Gasteiger partial charge in [-0.25, -0.2) is 0 Å². The minimum atomic E-state index is -0.517.